The fourth-order valence-electron chi connectivity index (χ4n) is 4.73. The molecule has 2 aliphatic rings. The first kappa shape index (κ1) is 23.2. The van der Waals surface area contributed by atoms with Crippen LogP contribution in [-0.2, 0) is 13.6 Å². The Labute approximate surface area is 211 Å². The van der Waals surface area contributed by atoms with E-state index in [2.05, 4.69) is 19.4 Å². The van der Waals surface area contributed by atoms with Crippen LogP contribution in [0.2, 0.25) is 0 Å². The summed E-state index contributed by atoms with van der Waals surface area (Å²) in [5.74, 6) is 1.20. The van der Waals surface area contributed by atoms with Gasteiger partial charge in [0, 0.05) is 63.5 Å². The minimum atomic E-state index is -3.62. The van der Waals surface area contributed by atoms with Gasteiger partial charge in [0.15, 0.2) is 11.5 Å². The molecule has 4 heterocycles. The van der Waals surface area contributed by atoms with Gasteiger partial charge in [-0.25, -0.2) is 4.98 Å². The first-order chi connectivity index (χ1) is 17.8. The minimum Gasteiger partial charge on any atom is -0.439 e. The van der Waals surface area contributed by atoms with Crippen molar-refractivity contribution in [2.75, 3.05) is 26.2 Å². The van der Waals surface area contributed by atoms with Gasteiger partial charge in [0.05, 0.1) is 5.52 Å². The quantitative estimate of drug-likeness (QED) is 0.393. The number of nitrogens with zero attached hydrogens (tertiary/aromatic N) is 4. The highest BCUT2D eigenvalue weighted by Gasteiger charge is 2.43. The molecule has 1 fully saturated rings. The molecule has 37 heavy (non-hydrogen) atoms. The maximum atomic E-state index is 13.4. The van der Waals surface area contributed by atoms with Crippen molar-refractivity contribution in [3.63, 3.8) is 0 Å². The lowest BCUT2D eigenvalue weighted by molar-refractivity contribution is -0.286. The molecular formula is C27H24F2N4O4. The van der Waals surface area contributed by atoms with Crippen LogP contribution in [0, 0.1) is 0 Å². The number of amides is 1. The lowest BCUT2D eigenvalue weighted by Crippen LogP contribution is -2.48. The zero-order chi connectivity index (χ0) is 25.6. The second-order valence-corrected chi connectivity index (χ2v) is 9.10. The number of aryl methyl sites for hydroxylation is 1. The van der Waals surface area contributed by atoms with E-state index in [1.165, 1.54) is 6.07 Å². The average Bonchev–Trinajstić information content (AvgIpc) is 3.39. The summed E-state index contributed by atoms with van der Waals surface area (Å²) in [4.78, 5) is 21.6. The van der Waals surface area contributed by atoms with Crippen molar-refractivity contribution in [3.8, 4) is 23.1 Å². The number of benzene rings is 2. The van der Waals surface area contributed by atoms with Crippen LogP contribution < -0.4 is 14.2 Å². The molecular weight excluding hydrogens is 482 g/mol. The summed E-state index contributed by atoms with van der Waals surface area (Å²) in [5.41, 5.74) is 2.34. The number of hydrogen-bond donors (Lipinski definition) is 0. The van der Waals surface area contributed by atoms with E-state index in [4.69, 9.17) is 4.74 Å². The van der Waals surface area contributed by atoms with E-state index < -0.39 is 6.29 Å². The first-order valence-electron chi connectivity index (χ1n) is 11.9. The number of aromatic nitrogens is 2. The van der Waals surface area contributed by atoms with Gasteiger partial charge in [-0.05, 0) is 42.0 Å². The number of carbonyl (C=O) groups is 1. The van der Waals surface area contributed by atoms with Crippen LogP contribution in [0.25, 0.3) is 10.9 Å². The normalized spacial score (nSPS) is 16.8. The Bertz CT molecular complexity index is 1470. The highest BCUT2D eigenvalue weighted by molar-refractivity contribution is 5.99. The number of rotatable bonds is 5. The summed E-state index contributed by atoms with van der Waals surface area (Å²) in [6.07, 6.45) is -1.95. The lowest BCUT2D eigenvalue weighted by atomic mass is 10.1. The first-order valence-corrected chi connectivity index (χ1v) is 11.9. The fraction of sp³-hybridized carbons (Fsp3) is 0.259. The van der Waals surface area contributed by atoms with Crippen LogP contribution in [0.1, 0.15) is 16.1 Å². The van der Waals surface area contributed by atoms with Gasteiger partial charge in [-0.2, -0.15) is 0 Å². The van der Waals surface area contributed by atoms with Crippen molar-refractivity contribution in [2.24, 2.45) is 7.05 Å². The predicted octanol–water partition coefficient (Wildman–Crippen LogP) is 4.65. The maximum Gasteiger partial charge on any atom is 0.586 e. The SMILES string of the molecule is Cn1c(C(=O)N2CCN(Cc3ccc4c(c3)OC(F)(F)O4)CC2)cc2ccc(Oc3ccccn3)cc21. The molecule has 4 aromatic rings. The van der Waals surface area contributed by atoms with E-state index >= 15 is 0 Å². The van der Waals surface area contributed by atoms with Gasteiger partial charge < -0.3 is 23.7 Å². The molecule has 2 aromatic carbocycles. The minimum absolute atomic E-state index is 0.0316. The Kier molecular flexibility index (Phi) is 5.68. The number of ether oxygens (including phenoxy) is 3. The summed E-state index contributed by atoms with van der Waals surface area (Å²) in [6.45, 7) is 3.04. The smallest absolute Gasteiger partial charge is 0.439 e. The zero-order valence-corrected chi connectivity index (χ0v) is 20.1. The van der Waals surface area contributed by atoms with Crippen LogP contribution in [-0.4, -0.2) is 57.7 Å². The topological polar surface area (TPSA) is 69.1 Å². The van der Waals surface area contributed by atoms with Crippen molar-refractivity contribution >= 4 is 16.8 Å². The Morgan fingerprint density at radius 2 is 1.81 bits per heavy atom. The van der Waals surface area contributed by atoms with Crippen LogP contribution in [0.3, 0.4) is 0 Å². The third kappa shape index (κ3) is 4.67. The third-order valence-corrected chi connectivity index (χ3v) is 6.63. The molecule has 0 aliphatic carbocycles. The lowest BCUT2D eigenvalue weighted by Gasteiger charge is -2.34. The molecule has 0 radical (unpaired) electrons. The summed E-state index contributed by atoms with van der Waals surface area (Å²) >= 11 is 0. The zero-order valence-electron chi connectivity index (χ0n) is 20.1. The van der Waals surface area contributed by atoms with Crippen molar-refractivity contribution in [1.29, 1.82) is 0 Å². The van der Waals surface area contributed by atoms with Gasteiger partial charge >= 0.3 is 6.29 Å². The molecule has 0 atom stereocenters. The number of hydrogen-bond acceptors (Lipinski definition) is 6. The highest BCUT2D eigenvalue weighted by Crippen LogP contribution is 2.41. The second-order valence-electron chi connectivity index (χ2n) is 9.10. The molecule has 0 spiro atoms. The van der Waals surface area contributed by atoms with E-state index in [1.54, 1.807) is 24.4 Å². The molecule has 0 unspecified atom stereocenters. The largest absolute Gasteiger partial charge is 0.586 e. The molecule has 1 amide bonds. The van der Waals surface area contributed by atoms with Gasteiger partial charge in [-0.1, -0.05) is 12.1 Å². The third-order valence-electron chi connectivity index (χ3n) is 6.63. The standard InChI is InChI=1S/C27H24F2N4O4/c1-31-21-16-20(35-25-4-2-3-9-30-25)7-6-19(21)15-22(31)26(34)33-12-10-32(11-13-33)17-18-5-8-23-24(14-18)37-27(28,29)36-23/h2-9,14-16H,10-13,17H2,1H3. The van der Waals surface area contributed by atoms with Crippen LogP contribution in [0.4, 0.5) is 8.78 Å². The van der Waals surface area contributed by atoms with Crippen molar-refractivity contribution in [2.45, 2.75) is 12.8 Å². The molecule has 0 bridgehead atoms. The Morgan fingerprint density at radius 1 is 1.00 bits per heavy atom. The summed E-state index contributed by atoms with van der Waals surface area (Å²) in [6, 6.07) is 17.9. The Balaban J connectivity index is 1.10. The molecule has 6 rings (SSSR count). The average molecular weight is 507 g/mol. The molecule has 2 aliphatic heterocycles. The van der Waals surface area contributed by atoms with Crippen molar-refractivity contribution < 1.29 is 27.8 Å². The monoisotopic (exact) mass is 506 g/mol. The molecule has 0 saturated carbocycles. The molecule has 8 nitrogen and oxygen atoms in total. The van der Waals surface area contributed by atoms with Gasteiger partial charge in [0.2, 0.25) is 5.88 Å². The number of pyridine rings is 1. The highest BCUT2D eigenvalue weighted by atomic mass is 19.3. The summed E-state index contributed by atoms with van der Waals surface area (Å²) < 4.78 is 43.3. The number of alkyl halides is 2. The number of halogens is 2. The van der Waals surface area contributed by atoms with Gasteiger partial charge in [-0.15, -0.1) is 8.78 Å². The molecule has 2 aromatic heterocycles. The van der Waals surface area contributed by atoms with Crippen molar-refractivity contribution in [3.05, 3.63) is 78.1 Å². The Hall–Kier alpha value is -4.18. The van der Waals surface area contributed by atoms with E-state index in [9.17, 15) is 13.6 Å². The van der Waals surface area contributed by atoms with E-state index in [-0.39, 0.29) is 17.4 Å². The van der Waals surface area contributed by atoms with Gasteiger partial charge in [-0.3, -0.25) is 9.69 Å². The van der Waals surface area contributed by atoms with Crippen molar-refractivity contribution in [1.82, 2.24) is 19.4 Å². The van der Waals surface area contributed by atoms with E-state index in [0.717, 1.165) is 16.5 Å². The fourth-order valence-corrected chi connectivity index (χ4v) is 4.73. The molecule has 0 N–H and O–H groups in total. The van der Waals surface area contributed by atoms with Gasteiger partial charge in [0.1, 0.15) is 11.4 Å². The Morgan fingerprint density at radius 3 is 2.59 bits per heavy atom. The number of fused-ring (bicyclic) bond motifs is 2. The number of piperazine rings is 1. The van der Waals surface area contributed by atoms with Gasteiger partial charge in [0.25, 0.3) is 5.91 Å². The second kappa shape index (κ2) is 9.04. The number of carbonyl (C=O) groups excluding carboxylic acids is 1. The summed E-state index contributed by atoms with van der Waals surface area (Å²) in [5, 5.41) is 0.950. The van der Waals surface area contributed by atoms with Crippen LogP contribution in [0.5, 0.6) is 23.1 Å². The molecule has 1 saturated heterocycles. The summed E-state index contributed by atoms with van der Waals surface area (Å²) in [7, 11) is 1.87. The molecule has 10 heteroatoms. The van der Waals surface area contributed by atoms with Crippen LogP contribution >= 0.6 is 0 Å². The van der Waals surface area contributed by atoms with E-state index in [0.29, 0.717) is 50.0 Å². The predicted molar refractivity (Wildman–Crippen MR) is 131 cm³/mol. The van der Waals surface area contributed by atoms with E-state index in [1.807, 2.05) is 52.9 Å². The molecule has 190 valence electrons. The van der Waals surface area contributed by atoms with Crippen LogP contribution in [0.15, 0.2) is 66.9 Å². The maximum absolute atomic E-state index is 13.4.